The molecule has 0 fully saturated rings. The first kappa shape index (κ1) is 41.8. The number of H-pyrrole nitrogens is 1. The lowest BCUT2D eigenvalue weighted by atomic mass is 9.97. The highest BCUT2D eigenvalue weighted by Crippen LogP contribution is 2.43. The van der Waals surface area contributed by atoms with E-state index >= 15 is 8.42 Å². The van der Waals surface area contributed by atoms with E-state index in [1.807, 2.05) is 12.1 Å². The summed E-state index contributed by atoms with van der Waals surface area (Å²) < 4.78 is 82.1. The Hall–Kier alpha value is -6.38. The number of nitrogens with one attached hydrogen (secondary N) is 2. The molecule has 0 saturated heterocycles. The summed E-state index contributed by atoms with van der Waals surface area (Å²) in [7, 11) is -4.78. The van der Waals surface area contributed by atoms with Gasteiger partial charge in [0.05, 0.1) is 44.5 Å². The maximum atomic E-state index is 15.9. The third kappa shape index (κ3) is 8.80. The number of anilines is 1. The number of nitrogens with two attached hydrogens (primary N) is 2. The monoisotopic (exact) mass is 852 g/mol. The first-order valence-corrected chi connectivity index (χ1v) is 21.6. The van der Waals surface area contributed by atoms with Crippen molar-refractivity contribution in [1.29, 1.82) is 0 Å². The number of aromatic nitrogens is 6. The van der Waals surface area contributed by atoms with Gasteiger partial charge in [-0.2, -0.15) is 4.31 Å². The van der Waals surface area contributed by atoms with Crippen LogP contribution in [0, 0.1) is 0 Å². The van der Waals surface area contributed by atoms with E-state index in [-0.39, 0.29) is 55.6 Å². The number of para-hydroxylation sites is 1. The lowest BCUT2D eigenvalue weighted by molar-refractivity contribution is 0.396. The van der Waals surface area contributed by atoms with Crippen LogP contribution in [-0.4, -0.2) is 85.7 Å². The van der Waals surface area contributed by atoms with Gasteiger partial charge in [-0.05, 0) is 94.2 Å². The molecule has 312 valence electrons. The Balaban J connectivity index is 1.53. The van der Waals surface area contributed by atoms with Crippen LogP contribution in [0.25, 0.3) is 33.5 Å². The molecule has 6 N–H and O–H groups in total. The molecule has 19 heteroatoms. The number of ether oxygens (including phenoxy) is 3. The SMILES string of the molecule is COc1ccc(CN(Cc2ccc(OC)cc2)S(=O)(=O)c2c(S(=O)(=O)NCCCN)ccc(-c3cccc4[nH]c(N)nc34)c2-c2nnnn2Cc2ccc(OC)cc2)cc1. The standard InChI is InChI=1S/C41H44N10O7S2/c1-56-30-14-8-27(9-15-30)24-50(25-28-10-16-31(57-2)17-11-28)60(54,55)39-36(59(52,53)44-23-5-22-42)21-20-33(34-6-4-7-35-38(34)46-41(43)45-35)37(39)40-47-48-49-51(40)26-29-12-18-32(58-3)19-13-29/h4,6-21,44H,5,22-26,42H2,1-3H3,(H3,43,45,46). The van der Waals surface area contributed by atoms with Crippen molar-refractivity contribution in [3.8, 4) is 39.8 Å². The first-order chi connectivity index (χ1) is 28.9. The summed E-state index contributed by atoms with van der Waals surface area (Å²) in [5.74, 6) is 1.89. The van der Waals surface area contributed by atoms with Gasteiger partial charge in [0.2, 0.25) is 20.0 Å². The number of aromatic amines is 1. The number of sulfonamides is 2. The number of tetrazole rings is 1. The molecule has 5 aromatic carbocycles. The van der Waals surface area contributed by atoms with Gasteiger partial charge < -0.3 is 30.7 Å². The van der Waals surface area contributed by atoms with Gasteiger partial charge >= 0.3 is 0 Å². The average molecular weight is 853 g/mol. The zero-order valence-electron chi connectivity index (χ0n) is 33.1. The van der Waals surface area contributed by atoms with Crippen LogP contribution in [0.3, 0.4) is 0 Å². The number of benzene rings is 5. The van der Waals surface area contributed by atoms with E-state index in [0.717, 1.165) is 5.56 Å². The van der Waals surface area contributed by atoms with Crippen molar-refractivity contribution in [3.63, 3.8) is 0 Å². The fourth-order valence-electron chi connectivity index (χ4n) is 6.75. The molecule has 0 aliphatic carbocycles. The van der Waals surface area contributed by atoms with Crippen LogP contribution in [-0.2, 0) is 39.7 Å². The lowest BCUT2D eigenvalue weighted by Crippen LogP contribution is -2.34. The van der Waals surface area contributed by atoms with Crippen molar-refractivity contribution in [2.24, 2.45) is 5.73 Å². The van der Waals surface area contributed by atoms with Crippen molar-refractivity contribution in [2.45, 2.75) is 35.8 Å². The molecule has 0 atom stereocenters. The van der Waals surface area contributed by atoms with Crippen LogP contribution < -0.4 is 30.4 Å². The second-order valence-electron chi connectivity index (χ2n) is 13.7. The highest BCUT2D eigenvalue weighted by Gasteiger charge is 2.38. The molecule has 0 aliphatic heterocycles. The van der Waals surface area contributed by atoms with Crippen LogP contribution in [0.2, 0.25) is 0 Å². The highest BCUT2D eigenvalue weighted by molar-refractivity contribution is 7.92. The molecular formula is C41H44N10O7S2. The molecule has 0 unspecified atom stereocenters. The quantitative estimate of drug-likeness (QED) is 0.0868. The maximum Gasteiger partial charge on any atom is 0.245 e. The second-order valence-corrected chi connectivity index (χ2v) is 17.3. The van der Waals surface area contributed by atoms with Gasteiger partial charge in [-0.1, -0.05) is 54.6 Å². The van der Waals surface area contributed by atoms with E-state index < -0.39 is 29.8 Å². The Kier molecular flexibility index (Phi) is 12.4. The average Bonchev–Trinajstić information content (AvgIpc) is 3.89. The van der Waals surface area contributed by atoms with Crippen molar-refractivity contribution in [1.82, 2.24) is 39.2 Å². The van der Waals surface area contributed by atoms with E-state index in [1.165, 1.54) is 35.3 Å². The topological polar surface area (TPSA) is 236 Å². The van der Waals surface area contributed by atoms with Gasteiger partial charge in [0.1, 0.15) is 27.0 Å². The van der Waals surface area contributed by atoms with Crippen LogP contribution >= 0.6 is 0 Å². The molecule has 60 heavy (non-hydrogen) atoms. The number of nitrogens with zero attached hydrogens (tertiary/aromatic N) is 6. The maximum absolute atomic E-state index is 15.9. The van der Waals surface area contributed by atoms with Crippen LogP contribution in [0.5, 0.6) is 17.2 Å². The molecule has 0 saturated carbocycles. The summed E-state index contributed by atoms with van der Waals surface area (Å²) in [4.78, 5) is 6.50. The van der Waals surface area contributed by atoms with Gasteiger partial charge in [0, 0.05) is 25.2 Å². The molecule has 0 spiro atoms. The summed E-state index contributed by atoms with van der Waals surface area (Å²) in [6, 6.07) is 29.2. The largest absolute Gasteiger partial charge is 0.497 e. The molecule has 0 aliphatic rings. The minimum absolute atomic E-state index is 0.0206. The predicted molar refractivity (Wildman–Crippen MR) is 226 cm³/mol. The summed E-state index contributed by atoms with van der Waals surface area (Å²) in [6.07, 6.45) is 0.302. The highest BCUT2D eigenvalue weighted by atomic mass is 32.2. The number of nitrogen functional groups attached to an aromatic ring is 1. The number of fused-ring (bicyclic) bond motifs is 1. The van der Waals surface area contributed by atoms with Gasteiger partial charge in [-0.25, -0.2) is 31.2 Å². The van der Waals surface area contributed by atoms with E-state index in [1.54, 1.807) is 86.0 Å². The summed E-state index contributed by atoms with van der Waals surface area (Å²) >= 11 is 0. The molecule has 0 radical (unpaired) electrons. The second kappa shape index (κ2) is 17.9. The molecule has 2 heterocycles. The molecule has 17 nitrogen and oxygen atoms in total. The molecule has 7 rings (SSSR count). The number of methoxy groups -OCH3 is 3. The fourth-order valence-corrected chi connectivity index (χ4v) is 10.2. The molecule has 7 aromatic rings. The summed E-state index contributed by atoms with van der Waals surface area (Å²) in [5, 5.41) is 12.7. The number of hydrogen-bond acceptors (Lipinski definition) is 13. The third-order valence-corrected chi connectivity index (χ3v) is 13.3. The van der Waals surface area contributed by atoms with Gasteiger partial charge in [-0.3, -0.25) is 0 Å². The van der Waals surface area contributed by atoms with Gasteiger partial charge in [-0.15, -0.1) is 5.10 Å². The Bertz CT molecular complexity index is 2760. The zero-order valence-corrected chi connectivity index (χ0v) is 34.7. The molecule has 0 amide bonds. The van der Waals surface area contributed by atoms with E-state index in [2.05, 4.69) is 30.2 Å². The lowest BCUT2D eigenvalue weighted by Gasteiger charge is -2.27. The van der Waals surface area contributed by atoms with Gasteiger partial charge in [0.15, 0.2) is 11.8 Å². The van der Waals surface area contributed by atoms with Crippen LogP contribution in [0.1, 0.15) is 23.1 Å². The minimum Gasteiger partial charge on any atom is -0.497 e. The zero-order chi connectivity index (χ0) is 42.4. The number of rotatable bonds is 18. The van der Waals surface area contributed by atoms with Crippen molar-refractivity contribution >= 4 is 37.0 Å². The summed E-state index contributed by atoms with van der Waals surface area (Å²) in [5.41, 5.74) is 15.5. The first-order valence-electron chi connectivity index (χ1n) is 18.7. The Morgan fingerprint density at radius 1 is 0.750 bits per heavy atom. The van der Waals surface area contributed by atoms with Crippen molar-refractivity contribution in [3.05, 3.63) is 120 Å². The molecule has 2 aromatic heterocycles. The summed E-state index contributed by atoms with van der Waals surface area (Å²) in [6.45, 7) is -0.0864. The predicted octanol–water partition coefficient (Wildman–Crippen LogP) is 4.56. The normalized spacial score (nSPS) is 11.9. The van der Waals surface area contributed by atoms with E-state index in [0.29, 0.717) is 51.4 Å². The third-order valence-electron chi connectivity index (χ3n) is 9.79. The molecular weight excluding hydrogens is 809 g/mol. The van der Waals surface area contributed by atoms with Crippen molar-refractivity contribution < 1.29 is 31.0 Å². The fraction of sp³-hybridized carbons (Fsp3) is 0.220. The number of imidazole rings is 1. The van der Waals surface area contributed by atoms with Crippen LogP contribution in [0.4, 0.5) is 5.95 Å². The number of hydrogen-bond donors (Lipinski definition) is 4. The molecule has 0 bridgehead atoms. The van der Waals surface area contributed by atoms with E-state index in [9.17, 15) is 8.42 Å². The van der Waals surface area contributed by atoms with Gasteiger partial charge in [0.25, 0.3) is 0 Å². The Morgan fingerprint density at radius 3 is 1.90 bits per heavy atom. The van der Waals surface area contributed by atoms with E-state index in [4.69, 9.17) is 25.7 Å². The minimum atomic E-state index is -4.86. The Morgan fingerprint density at radius 2 is 1.33 bits per heavy atom. The van der Waals surface area contributed by atoms with Crippen LogP contribution in [0.15, 0.2) is 113 Å². The van der Waals surface area contributed by atoms with Crippen molar-refractivity contribution in [2.75, 3.05) is 40.2 Å². The Labute approximate surface area is 347 Å². The smallest absolute Gasteiger partial charge is 0.245 e.